The molecule has 0 unspecified atom stereocenters. The summed E-state index contributed by atoms with van der Waals surface area (Å²) in [4.78, 5) is 9.15. The van der Waals surface area contributed by atoms with Crippen molar-refractivity contribution in [1.29, 1.82) is 0 Å². The summed E-state index contributed by atoms with van der Waals surface area (Å²) >= 11 is 1.58. The highest BCUT2D eigenvalue weighted by Crippen LogP contribution is 2.26. The lowest BCUT2D eigenvalue weighted by Gasteiger charge is -2.08. The number of aromatic nitrogens is 1. The van der Waals surface area contributed by atoms with Crippen LogP contribution in [0.4, 0.5) is 5.13 Å². The molecule has 24 heavy (non-hydrogen) atoms. The lowest BCUT2D eigenvalue weighted by Crippen LogP contribution is -2.29. The quantitative estimate of drug-likeness (QED) is 0.702. The van der Waals surface area contributed by atoms with E-state index >= 15 is 0 Å². The van der Waals surface area contributed by atoms with E-state index in [2.05, 4.69) is 26.2 Å². The second-order valence-electron chi connectivity index (χ2n) is 5.38. The highest BCUT2D eigenvalue weighted by atomic mass is 79.9. The molecule has 130 valence electrons. The predicted octanol–water partition coefficient (Wildman–Crippen LogP) is 4.68. The molecule has 2 aromatic rings. The van der Waals surface area contributed by atoms with E-state index in [1.165, 1.54) is 19.3 Å². The fraction of sp³-hybridized carbons (Fsp3) is 0.412. The molecule has 0 saturated carbocycles. The van der Waals surface area contributed by atoms with Crippen molar-refractivity contribution in [3.05, 3.63) is 29.6 Å². The van der Waals surface area contributed by atoms with Gasteiger partial charge in [-0.3, -0.25) is 15.8 Å². The number of ether oxygens (including phenoxy) is 1. The molecule has 0 atom stereocenters. The zero-order valence-electron chi connectivity index (χ0n) is 13.7. The van der Waals surface area contributed by atoms with Crippen LogP contribution >= 0.6 is 28.3 Å². The molecule has 0 bridgehead atoms. The van der Waals surface area contributed by atoms with E-state index < -0.39 is 0 Å². The minimum Gasteiger partial charge on any atom is -0.494 e. The van der Waals surface area contributed by atoms with Crippen LogP contribution in [0, 0.1) is 0 Å². The average Bonchev–Trinajstić information content (AvgIpc) is 2.89. The van der Waals surface area contributed by atoms with Gasteiger partial charge >= 0.3 is 0 Å². The van der Waals surface area contributed by atoms with Gasteiger partial charge in [-0.05, 0) is 44.0 Å². The van der Waals surface area contributed by atoms with E-state index in [-0.39, 0.29) is 17.0 Å². The molecular weight excluding hydrogens is 388 g/mol. The van der Waals surface area contributed by atoms with Crippen LogP contribution in [0.15, 0.2) is 34.6 Å². The van der Waals surface area contributed by atoms with Crippen molar-refractivity contribution in [3.8, 4) is 17.0 Å². The number of rotatable bonds is 5. The first kappa shape index (κ1) is 18.7. The molecule has 5 nitrogen and oxygen atoms in total. The van der Waals surface area contributed by atoms with E-state index in [4.69, 9.17) is 4.74 Å². The van der Waals surface area contributed by atoms with Crippen LogP contribution in [0.25, 0.3) is 11.3 Å². The van der Waals surface area contributed by atoms with Crippen LogP contribution in [0.5, 0.6) is 5.75 Å². The number of benzene rings is 1. The highest BCUT2D eigenvalue weighted by molar-refractivity contribution is 8.93. The third-order valence-electron chi connectivity index (χ3n) is 3.65. The standard InChI is InChI=1S/C17H22N4OS.BrH/c1-2-22-14-9-7-13(8-10-14)15-12-23-17(19-15)21-20-16-6-4-3-5-11-18-16;/h7-10,12H,2-6,11H2,1H3,(H,18,20)(H,19,21);1H. The summed E-state index contributed by atoms with van der Waals surface area (Å²) in [6, 6.07) is 8.02. The SMILES string of the molecule is Br.CCOc1ccc(-c2csc(NNC3=NCCCCC3)n2)cc1. The number of nitrogens with one attached hydrogen (secondary N) is 2. The third-order valence-corrected chi connectivity index (χ3v) is 4.41. The molecule has 1 aliphatic heterocycles. The fourth-order valence-corrected chi connectivity index (χ4v) is 3.13. The summed E-state index contributed by atoms with van der Waals surface area (Å²) in [6.07, 6.45) is 4.64. The van der Waals surface area contributed by atoms with Gasteiger partial charge in [-0.1, -0.05) is 6.42 Å². The fourth-order valence-electron chi connectivity index (χ4n) is 2.45. The summed E-state index contributed by atoms with van der Waals surface area (Å²) in [6.45, 7) is 3.58. The van der Waals surface area contributed by atoms with Crippen LogP contribution in [-0.4, -0.2) is 24.0 Å². The molecule has 2 heterocycles. The lowest BCUT2D eigenvalue weighted by atomic mass is 10.2. The molecule has 2 N–H and O–H groups in total. The molecule has 0 spiro atoms. The van der Waals surface area contributed by atoms with E-state index in [0.717, 1.165) is 40.9 Å². The first-order valence-electron chi connectivity index (χ1n) is 8.09. The second kappa shape index (κ2) is 9.64. The van der Waals surface area contributed by atoms with Gasteiger partial charge < -0.3 is 4.74 Å². The predicted molar refractivity (Wildman–Crippen MR) is 107 cm³/mol. The van der Waals surface area contributed by atoms with Crippen LogP contribution < -0.4 is 15.6 Å². The Bertz CT molecular complexity index is 657. The number of hydrogen-bond acceptors (Lipinski definition) is 6. The minimum absolute atomic E-state index is 0. The summed E-state index contributed by atoms with van der Waals surface area (Å²) in [5, 5.41) is 2.90. The van der Waals surface area contributed by atoms with Gasteiger partial charge in [0.2, 0.25) is 5.13 Å². The molecule has 0 fully saturated rings. The van der Waals surface area contributed by atoms with Gasteiger partial charge in [0.05, 0.1) is 12.3 Å². The Kier molecular flexibility index (Phi) is 7.52. The number of hydrazine groups is 1. The molecule has 1 aromatic carbocycles. The molecule has 0 saturated heterocycles. The normalized spacial score (nSPS) is 14.1. The van der Waals surface area contributed by atoms with Gasteiger partial charge in [0.1, 0.15) is 11.6 Å². The third kappa shape index (κ3) is 5.21. The average molecular weight is 411 g/mol. The number of aliphatic imine (C=N–C) groups is 1. The smallest absolute Gasteiger partial charge is 0.202 e. The maximum absolute atomic E-state index is 5.46. The molecular formula is C17H23BrN4OS. The topological polar surface area (TPSA) is 58.5 Å². The van der Waals surface area contributed by atoms with Crippen molar-refractivity contribution in [3.63, 3.8) is 0 Å². The summed E-state index contributed by atoms with van der Waals surface area (Å²) in [5.74, 6) is 1.91. The molecule has 7 heteroatoms. The summed E-state index contributed by atoms with van der Waals surface area (Å²) in [7, 11) is 0. The molecule has 1 aromatic heterocycles. The largest absolute Gasteiger partial charge is 0.494 e. The van der Waals surface area contributed by atoms with Crippen molar-refractivity contribution in [2.75, 3.05) is 18.6 Å². The summed E-state index contributed by atoms with van der Waals surface area (Å²) < 4.78 is 5.46. The first-order chi connectivity index (χ1) is 11.3. The highest BCUT2D eigenvalue weighted by Gasteiger charge is 2.07. The van der Waals surface area contributed by atoms with Crippen molar-refractivity contribution >= 4 is 39.3 Å². The van der Waals surface area contributed by atoms with Crippen LogP contribution in [0.2, 0.25) is 0 Å². The van der Waals surface area contributed by atoms with Crippen molar-refractivity contribution in [2.45, 2.75) is 32.6 Å². The maximum Gasteiger partial charge on any atom is 0.202 e. The Morgan fingerprint density at radius 1 is 1.12 bits per heavy atom. The van der Waals surface area contributed by atoms with Crippen molar-refractivity contribution < 1.29 is 4.74 Å². The van der Waals surface area contributed by atoms with Crippen molar-refractivity contribution in [1.82, 2.24) is 10.4 Å². The summed E-state index contributed by atoms with van der Waals surface area (Å²) in [5.41, 5.74) is 8.41. The number of anilines is 1. The number of hydrogen-bond donors (Lipinski definition) is 2. The first-order valence-corrected chi connectivity index (χ1v) is 8.97. The number of nitrogens with zero attached hydrogens (tertiary/aromatic N) is 2. The Balaban J connectivity index is 0.00000208. The maximum atomic E-state index is 5.46. The van der Waals surface area contributed by atoms with Gasteiger partial charge in [0.25, 0.3) is 0 Å². The van der Waals surface area contributed by atoms with Crippen LogP contribution in [-0.2, 0) is 0 Å². The monoisotopic (exact) mass is 410 g/mol. The molecule has 0 amide bonds. The van der Waals surface area contributed by atoms with Gasteiger partial charge in [-0.2, -0.15) is 0 Å². The van der Waals surface area contributed by atoms with Gasteiger partial charge in [0.15, 0.2) is 0 Å². The van der Waals surface area contributed by atoms with E-state index in [1.807, 2.05) is 31.2 Å². The molecule has 3 rings (SSSR count). The zero-order valence-corrected chi connectivity index (χ0v) is 16.3. The molecule has 0 radical (unpaired) electrons. The van der Waals surface area contributed by atoms with Gasteiger partial charge in [0, 0.05) is 23.9 Å². The number of halogens is 1. The molecule has 1 aliphatic rings. The lowest BCUT2D eigenvalue weighted by molar-refractivity contribution is 0.340. The second-order valence-corrected chi connectivity index (χ2v) is 6.24. The van der Waals surface area contributed by atoms with Gasteiger partial charge in [-0.15, -0.1) is 28.3 Å². The Labute approximate surface area is 157 Å². The van der Waals surface area contributed by atoms with E-state index in [0.29, 0.717) is 6.61 Å². The minimum atomic E-state index is 0. The Hall–Kier alpha value is -1.60. The number of amidine groups is 1. The number of thiazole rings is 1. The van der Waals surface area contributed by atoms with E-state index in [1.54, 1.807) is 11.3 Å². The van der Waals surface area contributed by atoms with E-state index in [9.17, 15) is 0 Å². The Morgan fingerprint density at radius 3 is 2.75 bits per heavy atom. The molecule has 0 aliphatic carbocycles. The van der Waals surface area contributed by atoms with Gasteiger partial charge in [-0.25, -0.2) is 4.98 Å². The Morgan fingerprint density at radius 2 is 1.96 bits per heavy atom. The zero-order chi connectivity index (χ0) is 15.9. The van der Waals surface area contributed by atoms with Crippen LogP contribution in [0.1, 0.15) is 32.6 Å². The van der Waals surface area contributed by atoms with Crippen molar-refractivity contribution in [2.24, 2.45) is 4.99 Å². The van der Waals surface area contributed by atoms with Crippen LogP contribution in [0.3, 0.4) is 0 Å².